The molecule has 2 aliphatic heterocycles. The van der Waals surface area contributed by atoms with E-state index in [1.807, 2.05) is 36.1 Å². The molecule has 0 bridgehead atoms. The summed E-state index contributed by atoms with van der Waals surface area (Å²) < 4.78 is 33.8. The van der Waals surface area contributed by atoms with Crippen molar-refractivity contribution >= 4 is 21.6 Å². The number of likely N-dealkylation sites (tertiary alicyclic amines) is 1. The highest BCUT2D eigenvalue weighted by molar-refractivity contribution is 7.92. The van der Waals surface area contributed by atoms with Gasteiger partial charge in [-0.1, -0.05) is 18.2 Å². The van der Waals surface area contributed by atoms with Crippen molar-refractivity contribution in [3.8, 4) is 5.75 Å². The quantitative estimate of drug-likeness (QED) is 0.731. The van der Waals surface area contributed by atoms with Crippen molar-refractivity contribution < 1.29 is 17.9 Å². The molecule has 2 aromatic rings. The van der Waals surface area contributed by atoms with Gasteiger partial charge in [0.15, 0.2) is 6.61 Å². The summed E-state index contributed by atoms with van der Waals surface area (Å²) in [6, 6.07) is 12.5. The molecule has 0 unspecified atom stereocenters. The van der Waals surface area contributed by atoms with E-state index in [4.69, 9.17) is 4.74 Å². The molecule has 0 N–H and O–H groups in total. The molecule has 2 aliphatic rings. The van der Waals surface area contributed by atoms with Gasteiger partial charge >= 0.3 is 0 Å². The fraction of sp³-hybridized carbons (Fsp3) is 0.435. The number of amides is 1. The number of sulfonamides is 1. The van der Waals surface area contributed by atoms with Gasteiger partial charge in [0, 0.05) is 19.6 Å². The number of hydrogen-bond acceptors (Lipinski definition) is 4. The van der Waals surface area contributed by atoms with Crippen LogP contribution >= 0.6 is 0 Å². The lowest BCUT2D eigenvalue weighted by atomic mass is 10.0. The lowest BCUT2D eigenvalue weighted by Crippen LogP contribution is -2.38. The summed E-state index contributed by atoms with van der Waals surface area (Å²) in [6.07, 6.45) is 4.93. The van der Waals surface area contributed by atoms with E-state index in [9.17, 15) is 13.2 Å². The first-order valence-corrected chi connectivity index (χ1v) is 12.0. The summed E-state index contributed by atoms with van der Waals surface area (Å²) in [5.41, 5.74) is 2.52. The molecular weight excluding hydrogens is 400 g/mol. The molecule has 0 aromatic heterocycles. The van der Waals surface area contributed by atoms with Crippen LogP contribution in [-0.2, 0) is 21.2 Å². The second kappa shape index (κ2) is 8.68. The van der Waals surface area contributed by atoms with Crippen LogP contribution in [-0.4, -0.2) is 45.5 Å². The van der Waals surface area contributed by atoms with Gasteiger partial charge in [-0.25, -0.2) is 8.42 Å². The molecule has 6 nitrogen and oxygen atoms in total. The van der Waals surface area contributed by atoms with Crippen molar-refractivity contribution in [1.29, 1.82) is 0 Å². The molecule has 30 heavy (non-hydrogen) atoms. The minimum Gasteiger partial charge on any atom is -0.483 e. The number of aryl methyl sites for hydroxylation is 2. The van der Waals surface area contributed by atoms with Crippen molar-refractivity contribution in [3.05, 3.63) is 53.6 Å². The normalized spacial score (nSPS) is 16.8. The van der Waals surface area contributed by atoms with Crippen molar-refractivity contribution in [3.63, 3.8) is 0 Å². The SMILES string of the molecule is Cc1cc(S(=O)(=O)N2CCCc3ccccc32)ccc1OCC(=O)N1CCCCC1. The third kappa shape index (κ3) is 4.17. The van der Waals surface area contributed by atoms with Gasteiger partial charge in [0.05, 0.1) is 10.6 Å². The van der Waals surface area contributed by atoms with Crippen LogP contribution in [0.3, 0.4) is 0 Å². The Balaban J connectivity index is 1.49. The average Bonchev–Trinajstić information content (AvgIpc) is 2.78. The number of para-hydroxylation sites is 1. The number of rotatable bonds is 5. The smallest absolute Gasteiger partial charge is 0.264 e. The Morgan fingerprint density at radius 2 is 1.77 bits per heavy atom. The zero-order valence-electron chi connectivity index (χ0n) is 17.3. The summed E-state index contributed by atoms with van der Waals surface area (Å²) in [4.78, 5) is 14.4. The van der Waals surface area contributed by atoms with E-state index in [2.05, 4.69) is 0 Å². The van der Waals surface area contributed by atoms with E-state index >= 15 is 0 Å². The maximum absolute atomic E-state index is 13.3. The standard InChI is InChI=1S/C23H28N2O4S/c1-18-16-20(11-12-22(18)29-17-23(26)24-13-5-2-6-14-24)30(27,28)25-15-7-9-19-8-3-4-10-21(19)25/h3-4,8,10-12,16H,2,5-7,9,13-15,17H2,1H3. The van der Waals surface area contributed by atoms with Crippen molar-refractivity contribution in [2.24, 2.45) is 0 Å². The van der Waals surface area contributed by atoms with Crippen LogP contribution in [0.15, 0.2) is 47.4 Å². The van der Waals surface area contributed by atoms with Crippen LogP contribution < -0.4 is 9.04 Å². The number of nitrogens with zero attached hydrogens (tertiary/aromatic N) is 2. The molecule has 0 aliphatic carbocycles. The van der Waals surface area contributed by atoms with Gasteiger partial charge in [-0.05, 0) is 74.4 Å². The Kier molecular flexibility index (Phi) is 5.99. The highest BCUT2D eigenvalue weighted by Gasteiger charge is 2.29. The minimum atomic E-state index is -3.66. The third-order valence-corrected chi connectivity index (χ3v) is 7.67. The second-order valence-electron chi connectivity index (χ2n) is 7.97. The summed E-state index contributed by atoms with van der Waals surface area (Å²) >= 11 is 0. The zero-order valence-corrected chi connectivity index (χ0v) is 18.2. The molecule has 1 fully saturated rings. The van der Waals surface area contributed by atoms with Gasteiger partial charge in [-0.15, -0.1) is 0 Å². The highest BCUT2D eigenvalue weighted by atomic mass is 32.2. The Bertz CT molecular complexity index is 1030. The van der Waals surface area contributed by atoms with E-state index in [0.29, 0.717) is 17.9 Å². The van der Waals surface area contributed by atoms with Crippen molar-refractivity contribution in [2.75, 3.05) is 30.5 Å². The maximum atomic E-state index is 13.3. The van der Waals surface area contributed by atoms with Crippen molar-refractivity contribution in [2.45, 2.75) is 43.9 Å². The summed E-state index contributed by atoms with van der Waals surface area (Å²) in [6.45, 7) is 3.84. The Hall–Kier alpha value is -2.54. The fourth-order valence-electron chi connectivity index (χ4n) is 4.19. The highest BCUT2D eigenvalue weighted by Crippen LogP contribution is 2.33. The number of piperidine rings is 1. The minimum absolute atomic E-state index is 0.0179. The summed E-state index contributed by atoms with van der Waals surface area (Å²) in [5.74, 6) is 0.522. The fourth-order valence-corrected chi connectivity index (χ4v) is 5.82. The first-order chi connectivity index (χ1) is 14.5. The number of benzene rings is 2. The number of hydrogen-bond donors (Lipinski definition) is 0. The van der Waals surface area contributed by atoms with E-state index in [0.717, 1.165) is 50.0 Å². The molecule has 1 amide bonds. The number of carbonyl (C=O) groups excluding carboxylic acids is 1. The maximum Gasteiger partial charge on any atom is 0.264 e. The predicted molar refractivity (Wildman–Crippen MR) is 116 cm³/mol. The molecule has 0 spiro atoms. The Morgan fingerprint density at radius 1 is 1.00 bits per heavy atom. The van der Waals surface area contributed by atoms with Crippen LogP contribution in [0.4, 0.5) is 5.69 Å². The predicted octanol–water partition coefficient (Wildman–Crippen LogP) is 3.53. The molecular formula is C23H28N2O4S. The third-order valence-electron chi connectivity index (χ3n) is 5.86. The molecule has 2 heterocycles. The molecule has 7 heteroatoms. The van der Waals surface area contributed by atoms with Crippen LogP contribution in [0, 0.1) is 6.92 Å². The van der Waals surface area contributed by atoms with E-state index in [1.54, 1.807) is 18.2 Å². The van der Waals surface area contributed by atoms with E-state index in [1.165, 1.54) is 10.7 Å². The molecule has 0 saturated carbocycles. The Labute approximate surface area is 178 Å². The monoisotopic (exact) mass is 428 g/mol. The van der Waals surface area contributed by atoms with Crippen molar-refractivity contribution in [1.82, 2.24) is 4.90 Å². The largest absolute Gasteiger partial charge is 0.483 e. The van der Waals surface area contributed by atoms with Gasteiger partial charge in [-0.3, -0.25) is 9.10 Å². The van der Waals surface area contributed by atoms with Gasteiger partial charge in [0.25, 0.3) is 15.9 Å². The van der Waals surface area contributed by atoms with E-state index < -0.39 is 10.0 Å². The van der Waals surface area contributed by atoms with Crippen LogP contribution in [0.2, 0.25) is 0 Å². The lowest BCUT2D eigenvalue weighted by Gasteiger charge is -2.30. The van der Waals surface area contributed by atoms with Gasteiger partial charge in [0.2, 0.25) is 0 Å². The Morgan fingerprint density at radius 3 is 2.53 bits per heavy atom. The van der Waals surface area contributed by atoms with Crippen LogP contribution in [0.5, 0.6) is 5.75 Å². The average molecular weight is 429 g/mol. The summed E-state index contributed by atoms with van der Waals surface area (Å²) in [7, 11) is -3.66. The van der Waals surface area contributed by atoms with Crippen LogP contribution in [0.1, 0.15) is 36.8 Å². The number of fused-ring (bicyclic) bond motifs is 1. The molecule has 2 aromatic carbocycles. The number of carbonyl (C=O) groups is 1. The number of anilines is 1. The first kappa shape index (κ1) is 20.7. The summed E-state index contributed by atoms with van der Waals surface area (Å²) in [5, 5.41) is 0. The first-order valence-electron chi connectivity index (χ1n) is 10.6. The molecule has 0 atom stereocenters. The van der Waals surface area contributed by atoms with Gasteiger partial charge < -0.3 is 9.64 Å². The van der Waals surface area contributed by atoms with Gasteiger partial charge in [-0.2, -0.15) is 0 Å². The topological polar surface area (TPSA) is 66.9 Å². The lowest BCUT2D eigenvalue weighted by molar-refractivity contribution is -0.134. The van der Waals surface area contributed by atoms with Gasteiger partial charge in [0.1, 0.15) is 5.75 Å². The molecule has 0 radical (unpaired) electrons. The van der Waals surface area contributed by atoms with E-state index in [-0.39, 0.29) is 17.4 Å². The molecule has 160 valence electrons. The molecule has 1 saturated heterocycles. The molecule has 4 rings (SSSR count). The zero-order chi connectivity index (χ0) is 21.1. The number of ether oxygens (including phenoxy) is 1. The van der Waals surface area contributed by atoms with Crippen LogP contribution in [0.25, 0.3) is 0 Å². The second-order valence-corrected chi connectivity index (χ2v) is 9.83.